The second kappa shape index (κ2) is 7.97. The van der Waals surface area contributed by atoms with Crippen molar-refractivity contribution in [1.29, 1.82) is 0 Å². The minimum Gasteiger partial charge on any atom is -0.326 e. The van der Waals surface area contributed by atoms with E-state index in [1.165, 1.54) is 6.92 Å². The first kappa shape index (κ1) is 18.0. The van der Waals surface area contributed by atoms with Gasteiger partial charge < -0.3 is 10.2 Å². The maximum absolute atomic E-state index is 12.1. The van der Waals surface area contributed by atoms with Gasteiger partial charge in [-0.1, -0.05) is 29.3 Å². The minimum absolute atomic E-state index is 0.0822. The summed E-state index contributed by atoms with van der Waals surface area (Å²) in [6.07, 6.45) is 0.218. The van der Waals surface area contributed by atoms with E-state index in [1.807, 2.05) is 32.0 Å². The van der Waals surface area contributed by atoms with Gasteiger partial charge in [-0.25, -0.2) is 0 Å². The molecular formula is C19H21ClN2O2. The second-order valence-electron chi connectivity index (χ2n) is 5.77. The van der Waals surface area contributed by atoms with Gasteiger partial charge in [0.2, 0.25) is 11.8 Å². The summed E-state index contributed by atoms with van der Waals surface area (Å²) in [6, 6.07) is 12.8. The van der Waals surface area contributed by atoms with Gasteiger partial charge in [-0.3, -0.25) is 9.59 Å². The van der Waals surface area contributed by atoms with Crippen molar-refractivity contribution in [2.45, 2.75) is 27.2 Å². The summed E-state index contributed by atoms with van der Waals surface area (Å²) in [4.78, 5) is 25.7. The first-order valence-electron chi connectivity index (χ1n) is 7.77. The standard InChI is InChI=1S/C19H21ClN2O2/c1-13-4-9-18(14(2)12-13)22(15(3)23)11-10-19(24)21-17-7-5-16(20)6-8-17/h4-9,12H,10-11H2,1-3H3,(H,21,24). The van der Waals surface area contributed by atoms with E-state index in [0.717, 1.165) is 16.8 Å². The van der Waals surface area contributed by atoms with Crippen LogP contribution in [0.3, 0.4) is 0 Å². The van der Waals surface area contributed by atoms with Crippen LogP contribution in [-0.2, 0) is 9.59 Å². The van der Waals surface area contributed by atoms with Crippen LogP contribution in [0.2, 0.25) is 5.02 Å². The van der Waals surface area contributed by atoms with E-state index in [4.69, 9.17) is 11.6 Å². The highest BCUT2D eigenvalue weighted by Gasteiger charge is 2.15. The largest absolute Gasteiger partial charge is 0.326 e. The third kappa shape index (κ3) is 4.83. The van der Waals surface area contributed by atoms with Gasteiger partial charge in [0.25, 0.3) is 0 Å². The molecule has 2 aromatic carbocycles. The summed E-state index contributed by atoms with van der Waals surface area (Å²) in [6.45, 7) is 5.82. The highest BCUT2D eigenvalue weighted by molar-refractivity contribution is 6.30. The number of anilines is 2. The Bertz CT molecular complexity index is 742. The summed E-state index contributed by atoms with van der Waals surface area (Å²) in [5.74, 6) is -0.227. The first-order valence-corrected chi connectivity index (χ1v) is 8.15. The van der Waals surface area contributed by atoms with Gasteiger partial charge in [-0.2, -0.15) is 0 Å². The zero-order valence-electron chi connectivity index (χ0n) is 14.1. The molecular weight excluding hydrogens is 324 g/mol. The van der Waals surface area contributed by atoms with Gasteiger partial charge in [0, 0.05) is 36.3 Å². The number of aryl methyl sites for hydroxylation is 2. The van der Waals surface area contributed by atoms with Crippen LogP contribution in [0.25, 0.3) is 0 Å². The minimum atomic E-state index is -0.145. The fraction of sp³-hybridized carbons (Fsp3) is 0.263. The number of carbonyl (C=O) groups is 2. The Hall–Kier alpha value is -2.33. The highest BCUT2D eigenvalue weighted by atomic mass is 35.5. The normalized spacial score (nSPS) is 10.3. The van der Waals surface area contributed by atoms with Crippen LogP contribution < -0.4 is 10.2 Å². The monoisotopic (exact) mass is 344 g/mol. The molecule has 0 spiro atoms. The highest BCUT2D eigenvalue weighted by Crippen LogP contribution is 2.22. The molecule has 0 fully saturated rings. The topological polar surface area (TPSA) is 49.4 Å². The van der Waals surface area contributed by atoms with Crippen LogP contribution in [0.5, 0.6) is 0 Å². The quantitative estimate of drug-likeness (QED) is 0.877. The van der Waals surface area contributed by atoms with Crippen LogP contribution in [0, 0.1) is 13.8 Å². The second-order valence-corrected chi connectivity index (χ2v) is 6.20. The van der Waals surface area contributed by atoms with Crippen molar-refractivity contribution in [2.24, 2.45) is 0 Å². The molecule has 0 aliphatic carbocycles. The number of carbonyl (C=O) groups excluding carboxylic acids is 2. The lowest BCUT2D eigenvalue weighted by atomic mass is 10.1. The van der Waals surface area contributed by atoms with Gasteiger partial charge >= 0.3 is 0 Å². The van der Waals surface area contributed by atoms with Gasteiger partial charge in [0.15, 0.2) is 0 Å². The van der Waals surface area contributed by atoms with E-state index in [9.17, 15) is 9.59 Å². The van der Waals surface area contributed by atoms with Crippen molar-refractivity contribution in [3.63, 3.8) is 0 Å². The Morgan fingerprint density at radius 3 is 2.33 bits per heavy atom. The maximum Gasteiger partial charge on any atom is 0.226 e. The molecule has 0 heterocycles. The number of amides is 2. The lowest BCUT2D eigenvalue weighted by Crippen LogP contribution is -2.32. The van der Waals surface area contributed by atoms with Crippen molar-refractivity contribution in [2.75, 3.05) is 16.8 Å². The van der Waals surface area contributed by atoms with Gasteiger partial charge in [-0.15, -0.1) is 0 Å². The fourth-order valence-corrected chi connectivity index (χ4v) is 2.65. The summed E-state index contributed by atoms with van der Waals surface area (Å²) in [5.41, 5.74) is 3.68. The molecule has 0 saturated carbocycles. The van der Waals surface area contributed by atoms with Crippen molar-refractivity contribution in [3.05, 3.63) is 58.6 Å². The van der Waals surface area contributed by atoms with Crippen LogP contribution in [0.1, 0.15) is 24.5 Å². The molecule has 0 radical (unpaired) electrons. The molecule has 24 heavy (non-hydrogen) atoms. The average Bonchev–Trinajstić information content (AvgIpc) is 2.51. The number of nitrogens with one attached hydrogen (secondary N) is 1. The molecule has 5 heteroatoms. The zero-order chi connectivity index (χ0) is 17.7. The number of halogens is 1. The zero-order valence-corrected chi connectivity index (χ0v) is 14.9. The van der Waals surface area contributed by atoms with Crippen LogP contribution in [0.4, 0.5) is 11.4 Å². The van der Waals surface area contributed by atoms with E-state index in [0.29, 0.717) is 17.3 Å². The number of hydrogen-bond acceptors (Lipinski definition) is 2. The van der Waals surface area contributed by atoms with E-state index in [1.54, 1.807) is 29.2 Å². The molecule has 0 aliphatic heterocycles. The molecule has 4 nitrogen and oxygen atoms in total. The summed E-state index contributed by atoms with van der Waals surface area (Å²) in [7, 11) is 0. The summed E-state index contributed by atoms with van der Waals surface area (Å²) >= 11 is 5.82. The lowest BCUT2D eigenvalue weighted by molar-refractivity contribution is -0.117. The van der Waals surface area contributed by atoms with Crippen LogP contribution in [0.15, 0.2) is 42.5 Å². The third-order valence-electron chi connectivity index (χ3n) is 3.71. The molecule has 0 saturated heterocycles. The smallest absolute Gasteiger partial charge is 0.226 e. The molecule has 0 aromatic heterocycles. The Balaban J connectivity index is 2.02. The molecule has 0 bridgehead atoms. The van der Waals surface area contributed by atoms with Gasteiger partial charge in [0.05, 0.1) is 0 Å². The predicted octanol–water partition coefficient (Wildman–Crippen LogP) is 4.34. The number of hydrogen-bond donors (Lipinski definition) is 1. The van der Waals surface area contributed by atoms with Crippen LogP contribution >= 0.6 is 11.6 Å². The average molecular weight is 345 g/mol. The van der Waals surface area contributed by atoms with Gasteiger partial charge in [-0.05, 0) is 49.7 Å². The SMILES string of the molecule is CC(=O)N(CCC(=O)Nc1ccc(Cl)cc1)c1ccc(C)cc1C. The van der Waals surface area contributed by atoms with Crippen molar-refractivity contribution in [3.8, 4) is 0 Å². The Labute approximate surface area is 147 Å². The van der Waals surface area contributed by atoms with E-state index in [2.05, 4.69) is 5.32 Å². The fourth-order valence-electron chi connectivity index (χ4n) is 2.53. The van der Waals surface area contributed by atoms with Crippen molar-refractivity contribution < 1.29 is 9.59 Å². The van der Waals surface area contributed by atoms with E-state index >= 15 is 0 Å². The van der Waals surface area contributed by atoms with Crippen LogP contribution in [-0.4, -0.2) is 18.4 Å². The molecule has 0 unspecified atom stereocenters. The first-order chi connectivity index (χ1) is 11.4. The summed E-state index contributed by atoms with van der Waals surface area (Å²) in [5, 5.41) is 3.42. The molecule has 2 amide bonds. The third-order valence-corrected chi connectivity index (χ3v) is 3.97. The Morgan fingerprint density at radius 1 is 1.08 bits per heavy atom. The Morgan fingerprint density at radius 2 is 1.75 bits per heavy atom. The molecule has 126 valence electrons. The molecule has 1 N–H and O–H groups in total. The maximum atomic E-state index is 12.1. The van der Waals surface area contributed by atoms with E-state index < -0.39 is 0 Å². The number of benzene rings is 2. The number of rotatable bonds is 5. The number of nitrogens with zero attached hydrogens (tertiary/aromatic N) is 1. The molecule has 2 aromatic rings. The molecule has 0 aliphatic rings. The summed E-state index contributed by atoms with van der Waals surface area (Å²) < 4.78 is 0. The predicted molar refractivity (Wildman–Crippen MR) is 98.6 cm³/mol. The van der Waals surface area contributed by atoms with Crippen molar-refractivity contribution in [1.82, 2.24) is 0 Å². The van der Waals surface area contributed by atoms with E-state index in [-0.39, 0.29) is 18.2 Å². The molecule has 0 atom stereocenters. The Kier molecular flexibility index (Phi) is 5.99. The lowest BCUT2D eigenvalue weighted by Gasteiger charge is -2.23. The van der Waals surface area contributed by atoms with Crippen molar-refractivity contribution >= 4 is 34.8 Å². The van der Waals surface area contributed by atoms with Gasteiger partial charge in [0.1, 0.15) is 0 Å². The molecule has 2 rings (SSSR count).